The van der Waals surface area contributed by atoms with Gasteiger partial charge in [0, 0.05) is 5.56 Å². The van der Waals surface area contributed by atoms with Crippen LogP contribution in [0.5, 0.6) is 5.75 Å². The van der Waals surface area contributed by atoms with Crippen LogP contribution >= 0.6 is 0 Å². The number of benzene rings is 1. The average molecular weight is 276 g/mol. The van der Waals surface area contributed by atoms with Gasteiger partial charge in [-0.2, -0.15) is 0 Å². The average Bonchev–Trinajstić information content (AvgIpc) is 2.49. The topological polar surface area (TPSA) is 55.6 Å². The fourth-order valence-electron chi connectivity index (χ4n) is 2.58. The van der Waals surface area contributed by atoms with E-state index in [1.165, 1.54) is 0 Å². The Morgan fingerprint density at radius 1 is 1.30 bits per heavy atom. The van der Waals surface area contributed by atoms with E-state index in [1.54, 1.807) is 0 Å². The van der Waals surface area contributed by atoms with Crippen LogP contribution in [0.4, 0.5) is 0 Å². The summed E-state index contributed by atoms with van der Waals surface area (Å²) in [6.07, 6.45) is 2.21. The first-order valence-corrected chi connectivity index (χ1v) is 7.41. The van der Waals surface area contributed by atoms with E-state index in [2.05, 4.69) is 4.90 Å². The third-order valence-corrected chi connectivity index (χ3v) is 3.89. The van der Waals surface area contributed by atoms with Crippen LogP contribution < -0.4 is 10.5 Å². The monoisotopic (exact) mass is 276 g/mol. The number of nitrogens with two attached hydrogens (primary N) is 1. The maximum absolute atomic E-state index is 12.2. The molecule has 20 heavy (non-hydrogen) atoms. The molecule has 0 amide bonds. The van der Waals surface area contributed by atoms with E-state index in [9.17, 15) is 4.79 Å². The standard InChI is InChI=1S/C16H24N2O2/c1-2-20-15-5-3-14(4-6-15)16(19)12-18-9-7-13(11-17)8-10-18/h3-6,13H,2,7-12,17H2,1H3. The molecule has 1 aromatic carbocycles. The first kappa shape index (κ1) is 15.0. The summed E-state index contributed by atoms with van der Waals surface area (Å²) in [4.78, 5) is 14.5. The van der Waals surface area contributed by atoms with Crippen LogP contribution in [0.25, 0.3) is 0 Å². The number of piperidine rings is 1. The summed E-state index contributed by atoms with van der Waals surface area (Å²) in [5.74, 6) is 1.62. The molecule has 0 bridgehead atoms. The molecule has 2 rings (SSSR count). The van der Waals surface area contributed by atoms with E-state index in [0.717, 1.165) is 43.8 Å². The van der Waals surface area contributed by atoms with Crippen LogP contribution in [-0.2, 0) is 0 Å². The molecule has 0 radical (unpaired) electrons. The van der Waals surface area contributed by atoms with Gasteiger partial charge in [0.05, 0.1) is 13.2 Å². The molecular weight excluding hydrogens is 252 g/mol. The first-order valence-electron chi connectivity index (χ1n) is 7.41. The third-order valence-electron chi connectivity index (χ3n) is 3.89. The Morgan fingerprint density at radius 2 is 1.95 bits per heavy atom. The lowest BCUT2D eigenvalue weighted by Crippen LogP contribution is -2.39. The highest BCUT2D eigenvalue weighted by Gasteiger charge is 2.20. The summed E-state index contributed by atoms with van der Waals surface area (Å²) < 4.78 is 5.38. The number of carbonyl (C=O) groups is 1. The Morgan fingerprint density at radius 3 is 2.50 bits per heavy atom. The van der Waals surface area contributed by atoms with Crippen molar-refractivity contribution in [2.75, 3.05) is 32.8 Å². The summed E-state index contributed by atoms with van der Waals surface area (Å²) >= 11 is 0. The van der Waals surface area contributed by atoms with Gasteiger partial charge in [-0.3, -0.25) is 9.69 Å². The Labute approximate surface area is 120 Å². The van der Waals surface area contributed by atoms with E-state index in [4.69, 9.17) is 10.5 Å². The van der Waals surface area contributed by atoms with Crippen molar-refractivity contribution in [2.45, 2.75) is 19.8 Å². The molecule has 1 aromatic rings. The van der Waals surface area contributed by atoms with E-state index in [0.29, 0.717) is 19.1 Å². The molecular formula is C16H24N2O2. The van der Waals surface area contributed by atoms with Gasteiger partial charge in [0.15, 0.2) is 5.78 Å². The van der Waals surface area contributed by atoms with Crippen molar-refractivity contribution in [1.29, 1.82) is 0 Å². The van der Waals surface area contributed by atoms with Crippen molar-refractivity contribution >= 4 is 5.78 Å². The van der Waals surface area contributed by atoms with Crippen molar-refractivity contribution in [3.05, 3.63) is 29.8 Å². The van der Waals surface area contributed by atoms with Gasteiger partial charge in [0.2, 0.25) is 0 Å². The molecule has 1 saturated heterocycles. The predicted molar refractivity (Wildman–Crippen MR) is 80.2 cm³/mol. The van der Waals surface area contributed by atoms with Crippen LogP contribution in [-0.4, -0.2) is 43.5 Å². The van der Waals surface area contributed by atoms with Gasteiger partial charge in [-0.25, -0.2) is 0 Å². The Hall–Kier alpha value is -1.39. The fourth-order valence-corrected chi connectivity index (χ4v) is 2.58. The number of rotatable bonds is 6. The van der Waals surface area contributed by atoms with Gasteiger partial charge >= 0.3 is 0 Å². The molecule has 0 aliphatic carbocycles. The lowest BCUT2D eigenvalue weighted by Gasteiger charge is -2.30. The van der Waals surface area contributed by atoms with E-state index < -0.39 is 0 Å². The lowest BCUT2D eigenvalue weighted by molar-refractivity contribution is 0.0897. The summed E-state index contributed by atoms with van der Waals surface area (Å²) in [5.41, 5.74) is 6.44. The summed E-state index contributed by atoms with van der Waals surface area (Å²) in [6.45, 7) is 5.81. The smallest absolute Gasteiger partial charge is 0.176 e. The molecule has 1 fully saturated rings. The normalized spacial score (nSPS) is 17.1. The van der Waals surface area contributed by atoms with Gasteiger partial charge in [-0.1, -0.05) is 0 Å². The highest BCUT2D eigenvalue weighted by atomic mass is 16.5. The van der Waals surface area contributed by atoms with E-state index >= 15 is 0 Å². The maximum Gasteiger partial charge on any atom is 0.176 e. The largest absolute Gasteiger partial charge is 0.494 e. The quantitative estimate of drug-likeness (QED) is 0.807. The number of nitrogens with zero attached hydrogens (tertiary/aromatic N) is 1. The highest BCUT2D eigenvalue weighted by Crippen LogP contribution is 2.17. The zero-order valence-electron chi connectivity index (χ0n) is 12.2. The molecule has 0 aromatic heterocycles. The van der Waals surface area contributed by atoms with Crippen LogP contribution in [0.15, 0.2) is 24.3 Å². The van der Waals surface area contributed by atoms with Gasteiger partial charge < -0.3 is 10.5 Å². The molecule has 1 aliphatic heterocycles. The number of likely N-dealkylation sites (tertiary alicyclic amines) is 1. The third kappa shape index (κ3) is 4.05. The zero-order chi connectivity index (χ0) is 14.4. The van der Waals surface area contributed by atoms with Crippen molar-refractivity contribution in [3.63, 3.8) is 0 Å². The molecule has 0 unspecified atom stereocenters. The fraction of sp³-hybridized carbons (Fsp3) is 0.562. The molecule has 4 heteroatoms. The van der Waals surface area contributed by atoms with Crippen LogP contribution in [0.2, 0.25) is 0 Å². The van der Waals surface area contributed by atoms with Crippen molar-refractivity contribution in [3.8, 4) is 5.75 Å². The van der Waals surface area contributed by atoms with Crippen molar-refractivity contribution in [2.24, 2.45) is 11.7 Å². The molecule has 110 valence electrons. The van der Waals surface area contributed by atoms with Crippen molar-refractivity contribution in [1.82, 2.24) is 4.90 Å². The number of carbonyl (C=O) groups excluding carboxylic acids is 1. The number of ether oxygens (including phenoxy) is 1. The molecule has 0 spiro atoms. The minimum absolute atomic E-state index is 0.180. The molecule has 2 N–H and O–H groups in total. The first-order chi connectivity index (χ1) is 9.72. The second-order valence-corrected chi connectivity index (χ2v) is 5.34. The molecule has 1 heterocycles. The number of hydrogen-bond donors (Lipinski definition) is 1. The minimum Gasteiger partial charge on any atom is -0.494 e. The number of ketones is 1. The summed E-state index contributed by atoms with van der Waals surface area (Å²) in [6, 6.07) is 7.41. The second kappa shape index (κ2) is 7.41. The lowest BCUT2D eigenvalue weighted by atomic mass is 9.97. The van der Waals surface area contributed by atoms with E-state index in [1.807, 2.05) is 31.2 Å². The summed E-state index contributed by atoms with van der Waals surface area (Å²) in [5, 5.41) is 0. The maximum atomic E-state index is 12.2. The Bertz CT molecular complexity index is 423. The van der Waals surface area contributed by atoms with Crippen LogP contribution in [0, 0.1) is 5.92 Å². The zero-order valence-corrected chi connectivity index (χ0v) is 12.2. The number of hydrogen-bond acceptors (Lipinski definition) is 4. The minimum atomic E-state index is 0.180. The van der Waals surface area contributed by atoms with Gasteiger partial charge in [0.25, 0.3) is 0 Å². The van der Waals surface area contributed by atoms with Crippen molar-refractivity contribution < 1.29 is 9.53 Å². The van der Waals surface area contributed by atoms with Gasteiger partial charge in [-0.15, -0.1) is 0 Å². The predicted octanol–water partition coefficient (Wildman–Crippen LogP) is 1.94. The van der Waals surface area contributed by atoms with Crippen LogP contribution in [0.3, 0.4) is 0 Å². The van der Waals surface area contributed by atoms with Gasteiger partial charge in [0.1, 0.15) is 5.75 Å². The number of Topliss-reactive ketones (excluding diaryl/α,β-unsaturated/α-hetero) is 1. The molecule has 4 nitrogen and oxygen atoms in total. The molecule has 1 aliphatic rings. The SMILES string of the molecule is CCOc1ccc(C(=O)CN2CCC(CN)CC2)cc1. The highest BCUT2D eigenvalue weighted by molar-refractivity contribution is 5.97. The second-order valence-electron chi connectivity index (χ2n) is 5.34. The Balaban J connectivity index is 1.85. The Kier molecular flexibility index (Phi) is 5.56. The molecule has 0 atom stereocenters. The summed E-state index contributed by atoms with van der Waals surface area (Å²) in [7, 11) is 0. The van der Waals surface area contributed by atoms with Crippen LogP contribution in [0.1, 0.15) is 30.1 Å². The molecule has 0 saturated carbocycles. The van der Waals surface area contributed by atoms with Gasteiger partial charge in [-0.05, 0) is 69.6 Å². The van der Waals surface area contributed by atoms with E-state index in [-0.39, 0.29) is 5.78 Å².